The van der Waals surface area contributed by atoms with Crippen LogP contribution in [0.3, 0.4) is 0 Å². The van der Waals surface area contributed by atoms with Crippen molar-refractivity contribution in [2.75, 3.05) is 128 Å². The van der Waals surface area contributed by atoms with Gasteiger partial charge < -0.3 is 64.8 Å². The van der Waals surface area contributed by atoms with E-state index in [2.05, 4.69) is 150 Å². The topological polar surface area (TPSA) is 264 Å². The van der Waals surface area contributed by atoms with Crippen molar-refractivity contribution in [3.8, 4) is 0 Å². The number of carboxylic acids is 1. The summed E-state index contributed by atoms with van der Waals surface area (Å²) in [4.78, 5) is 103. The van der Waals surface area contributed by atoms with E-state index in [0.29, 0.717) is 112 Å². The molecule has 0 unspecified atom stereocenters. The van der Waals surface area contributed by atoms with Gasteiger partial charge >= 0.3 is 150 Å². The Hall–Kier alpha value is -3.10. The molecular formula is C66H92I5N8O14V2. The van der Waals surface area contributed by atoms with E-state index >= 15 is 0 Å². The number of ketones is 1. The maximum absolute atomic E-state index is 12.8. The Morgan fingerprint density at radius 1 is 0.505 bits per heavy atom. The number of esters is 5. The van der Waals surface area contributed by atoms with Crippen molar-refractivity contribution in [2.24, 2.45) is 0 Å². The van der Waals surface area contributed by atoms with Crippen LogP contribution in [0.1, 0.15) is 90.9 Å². The number of methoxy groups -OCH3 is 5. The Bertz CT molecular complexity index is 2910. The van der Waals surface area contributed by atoms with Gasteiger partial charge in [0, 0.05) is 88.1 Å². The molecule has 0 atom stereocenters. The Balaban J connectivity index is 0.000000323. The Kier molecular flexibility index (Phi) is 42.7. The summed E-state index contributed by atoms with van der Waals surface area (Å²) in [6.45, 7) is 11.1. The van der Waals surface area contributed by atoms with Crippen LogP contribution in [-0.2, 0) is 76.4 Å². The van der Waals surface area contributed by atoms with Gasteiger partial charge in [-0.05, 0) is 120 Å². The van der Waals surface area contributed by atoms with E-state index in [-0.39, 0.29) is 40.5 Å². The summed E-state index contributed by atoms with van der Waals surface area (Å²) in [7, 11) is 7.57. The number of amides is 1. The van der Waals surface area contributed by atoms with Gasteiger partial charge in [-0.2, -0.15) is 0 Å². The maximum atomic E-state index is 12.8. The average molecular weight is 1960 g/mol. The predicted octanol–water partition coefficient (Wildman–Crippen LogP) is 11.5. The number of hydrogen-bond acceptors (Lipinski definition) is 20. The first-order chi connectivity index (χ1) is 45.5. The van der Waals surface area contributed by atoms with Crippen molar-refractivity contribution in [1.82, 2.24) is 20.0 Å². The zero-order valence-corrected chi connectivity index (χ0v) is 68.7. The Labute approximate surface area is 627 Å². The first-order valence-electron chi connectivity index (χ1n) is 31.1. The molecule has 525 valence electrons. The van der Waals surface area contributed by atoms with Gasteiger partial charge in [0.05, 0.1) is 60.4 Å². The number of likely N-dealkylation sites (tertiary alicyclic amines) is 3. The summed E-state index contributed by atoms with van der Waals surface area (Å²) >= 11 is 12.1. The summed E-state index contributed by atoms with van der Waals surface area (Å²) in [5, 5.41) is 22.5. The number of halogens is 5. The third-order valence-electron chi connectivity index (χ3n) is 16.8. The molecule has 0 spiro atoms. The molecule has 4 aromatic carbocycles. The average Bonchev–Trinajstić information content (AvgIpc) is 0.772. The van der Waals surface area contributed by atoms with Crippen LogP contribution < -0.4 is 26.2 Å². The monoisotopic (exact) mass is 1960 g/mol. The summed E-state index contributed by atoms with van der Waals surface area (Å²) in [5.41, 5.74) is 0.379. The number of aliphatic carboxylic acids is 1. The third-order valence-corrected chi connectivity index (χ3v) is 16.8. The van der Waals surface area contributed by atoms with Crippen LogP contribution in [0.25, 0.3) is 0 Å². The second kappa shape index (κ2) is 47.1. The van der Waals surface area contributed by atoms with Crippen LogP contribution in [0.15, 0.2) is 121 Å². The van der Waals surface area contributed by atoms with Crippen molar-refractivity contribution in [3.63, 3.8) is 0 Å². The summed E-state index contributed by atoms with van der Waals surface area (Å²) in [5.74, 6) is -2.01. The van der Waals surface area contributed by atoms with E-state index in [1.165, 1.54) is 35.5 Å². The van der Waals surface area contributed by atoms with E-state index < -0.39 is 34.1 Å². The number of benzene rings is 4. The van der Waals surface area contributed by atoms with E-state index in [9.17, 15) is 43.5 Å². The first-order valence-corrected chi connectivity index (χ1v) is 53.6. The molecule has 4 aliphatic heterocycles. The van der Waals surface area contributed by atoms with Gasteiger partial charge in [-0.25, -0.2) is 14.4 Å². The molecule has 0 radical (unpaired) electrons. The van der Waals surface area contributed by atoms with Crippen LogP contribution >= 0.6 is 99.9 Å². The van der Waals surface area contributed by atoms with Gasteiger partial charge in [0.15, 0.2) is 5.78 Å². The number of ether oxygens (including phenoxy) is 5. The quantitative estimate of drug-likeness (QED) is 0.0278. The number of carbonyl (C=O) groups excluding carboxylic acids is 7. The second-order valence-electron chi connectivity index (χ2n) is 22.5. The molecule has 22 nitrogen and oxygen atoms in total. The van der Waals surface area contributed by atoms with Crippen LogP contribution in [0.2, 0.25) is 0 Å². The number of para-hydroxylation sites is 4. The molecule has 5 N–H and O–H groups in total. The third kappa shape index (κ3) is 29.9. The van der Waals surface area contributed by atoms with Gasteiger partial charge in [0.1, 0.15) is 16.6 Å². The number of piperidine rings is 4. The van der Waals surface area contributed by atoms with E-state index in [1.54, 1.807) is 18.7 Å². The van der Waals surface area contributed by atoms with Crippen LogP contribution in [0, 0.1) is 0 Å². The number of hydrogen-bond donors (Lipinski definition) is 5. The zero-order valence-electron chi connectivity index (χ0n) is 55.1. The molecular weight excluding hydrogens is 1870 g/mol. The number of nitrogens with zero attached hydrogens (tertiary/aromatic N) is 4. The van der Waals surface area contributed by atoms with E-state index in [4.69, 9.17) is 9.47 Å². The summed E-state index contributed by atoms with van der Waals surface area (Å²) in [6.07, 6.45) is 6.24. The van der Waals surface area contributed by atoms with Crippen molar-refractivity contribution >= 4 is 170 Å². The van der Waals surface area contributed by atoms with Gasteiger partial charge in [-0.3, -0.25) is 28.9 Å². The first kappa shape index (κ1) is 86.1. The fraction of sp³-hybridized carbons (Fsp3) is 0.515. The van der Waals surface area contributed by atoms with Gasteiger partial charge in [0.2, 0.25) is 5.91 Å². The fourth-order valence-electron chi connectivity index (χ4n) is 11.4. The molecule has 4 heterocycles. The Morgan fingerprint density at radius 3 is 1.14 bits per heavy atom. The molecule has 29 heteroatoms. The van der Waals surface area contributed by atoms with Gasteiger partial charge in [-0.1, -0.05) is 79.7 Å². The predicted molar refractivity (Wildman–Crippen MR) is 407 cm³/mol. The number of nitrogens with one attached hydrogen (secondary N) is 4. The van der Waals surface area contributed by atoms with Crippen molar-refractivity contribution in [2.45, 2.75) is 113 Å². The molecule has 4 saturated heterocycles. The molecule has 0 saturated carbocycles. The standard InChI is InChI=1S/C20H28N2O5.C17H24N2O4.C17H24N2O3.C12H16N2O2.5HI.2V/c1-4-17(23)22(16-8-6-5-7-9-16)20(19(25)27-3)11-14-21(15-12-20)13-10-18(24)26-2;1-22-15(20)8-11-19-12-9-17(10-13-19,16(21)23-2)18-14-6-4-3-5-7-14;1-14(20)17(18-15-6-4-3-5-7-15)9-12-19(13-10-17)11-8-16(21)22-2;15-11(16)12(6-8-13-9-7-12)14-10-4-2-1-3-5-10;;;;;;;/h5-9H,4,10-15H2,1-3H3;3-7,18H,8-13H2,1-2H3;3-7,18H,8-13H2,1-2H3;1-5,13-14H,6-9H2,(H,15,16);5*1H;;/q;;;;;;;;;+2;+3/p-5. The molecule has 8 rings (SSSR count). The Morgan fingerprint density at radius 2 is 0.821 bits per heavy atom. The molecule has 4 aliphatic rings. The van der Waals surface area contributed by atoms with Crippen molar-refractivity contribution < 1.29 is 81.5 Å². The SMILES string of the molecule is CCC(=O)N(c1ccccc1)C1(C(=O)OC)CCN(CCC(=O)OC)CC1.COC(=O)CCN1CCC(Nc2ccccc2)(C(=O)OC)CC1.COC(=O)CCN1CCC(Nc2ccccc2)(C(C)=O)CC1.O=C(O)C1(Nc2ccccc2)CCNCC1.[I][V]([I])[I].[I][V][I]. The van der Waals surface area contributed by atoms with Crippen LogP contribution in [0.5, 0.6) is 0 Å². The summed E-state index contributed by atoms with van der Waals surface area (Å²) < 4.78 is 24.2. The van der Waals surface area contributed by atoms with Crippen LogP contribution in [0.4, 0.5) is 22.7 Å². The minimum absolute atomic E-state index is 0.116. The van der Waals surface area contributed by atoms with Gasteiger partial charge in [-0.15, -0.1) is 0 Å². The van der Waals surface area contributed by atoms with Crippen molar-refractivity contribution in [1.29, 1.82) is 0 Å². The molecule has 0 aliphatic carbocycles. The normalized spacial score (nSPS) is 16.7. The molecule has 0 aromatic heterocycles. The second-order valence-corrected chi connectivity index (χ2v) is 69.7. The molecule has 1 amide bonds. The summed E-state index contributed by atoms with van der Waals surface area (Å²) in [6, 6.07) is 38.3. The van der Waals surface area contributed by atoms with Gasteiger partial charge in [0.25, 0.3) is 0 Å². The zero-order chi connectivity index (χ0) is 70.3. The number of Topliss-reactive ketones (excluding diaryl/α,β-unsaturated/α-hetero) is 1. The molecule has 95 heavy (non-hydrogen) atoms. The number of rotatable bonds is 22. The van der Waals surface area contributed by atoms with Crippen LogP contribution in [-0.4, -0.2) is 197 Å². The van der Waals surface area contributed by atoms with Crippen molar-refractivity contribution in [3.05, 3.63) is 121 Å². The van der Waals surface area contributed by atoms with E-state index in [1.807, 2.05) is 121 Å². The molecule has 4 aromatic rings. The minimum atomic E-state index is -1.04. The number of anilines is 4. The van der Waals surface area contributed by atoms with E-state index in [0.717, 1.165) is 69.2 Å². The fourth-order valence-corrected chi connectivity index (χ4v) is 11.4. The number of carbonyl (C=O) groups is 8. The molecule has 4 fully saturated rings. The number of carboxylic acid groups (broad SMARTS) is 1. The molecule has 0 bridgehead atoms.